The van der Waals surface area contributed by atoms with Crippen molar-refractivity contribution in [2.24, 2.45) is 0 Å². The van der Waals surface area contributed by atoms with Crippen molar-refractivity contribution in [3.8, 4) is 0 Å². The van der Waals surface area contributed by atoms with Gasteiger partial charge in [-0.1, -0.05) is 6.92 Å². The van der Waals surface area contributed by atoms with Gasteiger partial charge in [0.2, 0.25) is 5.91 Å². The summed E-state index contributed by atoms with van der Waals surface area (Å²) in [6.07, 6.45) is 1.59. The monoisotopic (exact) mass is 291 g/mol. The van der Waals surface area contributed by atoms with E-state index in [2.05, 4.69) is 15.3 Å². The van der Waals surface area contributed by atoms with E-state index in [1.54, 1.807) is 25.7 Å². The fraction of sp³-hybridized carbons (Fsp3) is 0.571. The fourth-order valence-electron chi connectivity index (χ4n) is 2.29. The van der Waals surface area contributed by atoms with Crippen LogP contribution in [0.5, 0.6) is 0 Å². The molecule has 114 valence electrons. The number of aromatic nitrogens is 2. The van der Waals surface area contributed by atoms with Crippen LogP contribution in [0.4, 0.5) is 11.6 Å². The van der Waals surface area contributed by atoms with Crippen molar-refractivity contribution in [3.05, 3.63) is 11.4 Å². The summed E-state index contributed by atoms with van der Waals surface area (Å²) in [5.41, 5.74) is 5.77. The van der Waals surface area contributed by atoms with Crippen LogP contribution in [0.2, 0.25) is 0 Å². The average Bonchev–Trinajstić information content (AvgIpc) is 2.39. The Hall–Kier alpha value is -2.18. The third-order valence-electron chi connectivity index (χ3n) is 3.72. The number of nitrogens with one attached hydrogen (secondary N) is 1. The number of imide groups is 1. The lowest BCUT2D eigenvalue weighted by Gasteiger charge is -2.41. The molecule has 0 spiro atoms. The number of hydrogen-bond donors (Lipinski definition) is 2. The second kappa shape index (κ2) is 5.31. The molecule has 2 amide bonds. The zero-order valence-electron chi connectivity index (χ0n) is 12.9. The summed E-state index contributed by atoms with van der Waals surface area (Å²) in [5.74, 6) is 0.891. The Kier molecular flexibility index (Phi) is 3.85. The van der Waals surface area contributed by atoms with E-state index in [0.29, 0.717) is 29.4 Å². The molecule has 0 unspecified atom stereocenters. The van der Waals surface area contributed by atoms with Gasteiger partial charge in [0.1, 0.15) is 23.0 Å². The molecule has 1 aromatic heterocycles. The van der Waals surface area contributed by atoms with Crippen LogP contribution in [-0.2, 0) is 16.0 Å². The number of nitrogens with two attached hydrogens (primary N) is 1. The predicted molar refractivity (Wildman–Crippen MR) is 79.8 cm³/mol. The van der Waals surface area contributed by atoms with Gasteiger partial charge in [-0.05, 0) is 27.2 Å². The van der Waals surface area contributed by atoms with E-state index < -0.39 is 5.54 Å². The molecule has 3 N–H and O–H groups in total. The molecule has 1 aliphatic heterocycles. The Bertz CT molecular complexity index is 597. The van der Waals surface area contributed by atoms with E-state index in [0.717, 1.165) is 6.42 Å². The van der Waals surface area contributed by atoms with Gasteiger partial charge in [0.25, 0.3) is 5.91 Å². The van der Waals surface area contributed by atoms with Gasteiger partial charge in [-0.3, -0.25) is 14.9 Å². The van der Waals surface area contributed by atoms with Crippen LogP contribution < -0.4 is 16.0 Å². The number of piperazine rings is 1. The van der Waals surface area contributed by atoms with Crippen LogP contribution in [0.15, 0.2) is 0 Å². The van der Waals surface area contributed by atoms with Crippen LogP contribution in [0.1, 0.15) is 38.6 Å². The highest BCUT2D eigenvalue weighted by molar-refractivity contribution is 6.06. The predicted octanol–water partition coefficient (Wildman–Crippen LogP) is 0.561. The van der Waals surface area contributed by atoms with Gasteiger partial charge in [0, 0.05) is 12.0 Å². The maximum Gasteiger partial charge on any atom is 0.251 e. The van der Waals surface area contributed by atoms with Crippen molar-refractivity contribution in [3.63, 3.8) is 0 Å². The molecule has 2 heterocycles. The zero-order chi connectivity index (χ0) is 15.8. The Labute approximate surface area is 123 Å². The zero-order valence-corrected chi connectivity index (χ0v) is 12.9. The molecule has 0 aromatic carbocycles. The lowest BCUT2D eigenvalue weighted by molar-refractivity contribution is -0.135. The smallest absolute Gasteiger partial charge is 0.251 e. The third kappa shape index (κ3) is 2.68. The highest BCUT2D eigenvalue weighted by atomic mass is 16.2. The van der Waals surface area contributed by atoms with Gasteiger partial charge in [0.05, 0.1) is 6.54 Å². The standard InChI is InChI=1S/C14H21N5O2/c1-5-6-9-16-11(15)8(2)12(17-9)19-7-10(20)18-13(21)14(19,3)4/h5-7H2,1-4H3,(H2,15,16,17)(H,18,20,21). The molecule has 7 nitrogen and oxygen atoms in total. The first-order valence-electron chi connectivity index (χ1n) is 7.02. The summed E-state index contributed by atoms with van der Waals surface area (Å²) in [6, 6.07) is 0. The SMILES string of the molecule is CCCc1nc(N)c(C)c(N2CC(=O)NC(=O)C2(C)C)n1. The molecular weight excluding hydrogens is 270 g/mol. The van der Waals surface area contributed by atoms with Gasteiger partial charge < -0.3 is 10.6 Å². The fourth-order valence-corrected chi connectivity index (χ4v) is 2.29. The van der Waals surface area contributed by atoms with Crippen LogP contribution in [0.25, 0.3) is 0 Å². The summed E-state index contributed by atoms with van der Waals surface area (Å²) in [5, 5.41) is 2.35. The number of nitrogen functional groups attached to an aromatic ring is 1. The second-order valence-corrected chi connectivity index (χ2v) is 5.75. The number of aryl methyl sites for hydroxylation is 1. The minimum Gasteiger partial charge on any atom is -0.383 e. The number of hydrogen-bond acceptors (Lipinski definition) is 6. The minimum absolute atomic E-state index is 0.0710. The quantitative estimate of drug-likeness (QED) is 0.789. The van der Waals surface area contributed by atoms with Crippen molar-refractivity contribution in [1.29, 1.82) is 0 Å². The molecule has 7 heteroatoms. The Balaban J connectivity index is 2.53. The second-order valence-electron chi connectivity index (χ2n) is 5.75. The summed E-state index contributed by atoms with van der Waals surface area (Å²) in [6.45, 7) is 7.41. The van der Waals surface area contributed by atoms with Gasteiger partial charge in [-0.2, -0.15) is 0 Å². The highest BCUT2D eigenvalue weighted by Crippen LogP contribution is 2.29. The van der Waals surface area contributed by atoms with Crippen LogP contribution in [0.3, 0.4) is 0 Å². The van der Waals surface area contributed by atoms with Gasteiger partial charge in [-0.15, -0.1) is 0 Å². The number of rotatable bonds is 3. The first kappa shape index (κ1) is 15.2. The summed E-state index contributed by atoms with van der Waals surface area (Å²) < 4.78 is 0. The highest BCUT2D eigenvalue weighted by Gasteiger charge is 2.42. The molecule has 21 heavy (non-hydrogen) atoms. The topological polar surface area (TPSA) is 101 Å². The number of amides is 2. The first-order valence-corrected chi connectivity index (χ1v) is 7.02. The first-order chi connectivity index (χ1) is 9.77. The van der Waals surface area contributed by atoms with E-state index in [9.17, 15) is 9.59 Å². The summed E-state index contributed by atoms with van der Waals surface area (Å²) in [7, 11) is 0. The molecule has 1 fully saturated rings. The van der Waals surface area contributed by atoms with E-state index in [4.69, 9.17) is 5.73 Å². The normalized spacial score (nSPS) is 17.8. The molecule has 0 radical (unpaired) electrons. The van der Waals surface area contributed by atoms with E-state index >= 15 is 0 Å². The van der Waals surface area contributed by atoms with Crippen LogP contribution >= 0.6 is 0 Å². The maximum atomic E-state index is 12.1. The number of anilines is 2. The molecule has 0 atom stereocenters. The molecule has 0 bridgehead atoms. The lowest BCUT2D eigenvalue weighted by atomic mass is 9.98. The molecular formula is C14H21N5O2. The van der Waals surface area contributed by atoms with Gasteiger partial charge in [0.15, 0.2) is 0 Å². The lowest BCUT2D eigenvalue weighted by Crippen LogP contribution is -2.64. The van der Waals surface area contributed by atoms with Crippen molar-refractivity contribution >= 4 is 23.5 Å². The number of nitrogens with zero attached hydrogens (tertiary/aromatic N) is 3. The molecule has 1 aromatic rings. The Morgan fingerprint density at radius 3 is 2.62 bits per heavy atom. The van der Waals surface area contributed by atoms with Crippen molar-refractivity contribution in [2.45, 2.75) is 46.1 Å². The Morgan fingerprint density at radius 1 is 1.33 bits per heavy atom. The van der Waals surface area contributed by atoms with Crippen LogP contribution in [-0.4, -0.2) is 33.9 Å². The third-order valence-corrected chi connectivity index (χ3v) is 3.72. The average molecular weight is 291 g/mol. The van der Waals surface area contributed by atoms with Crippen molar-refractivity contribution < 1.29 is 9.59 Å². The minimum atomic E-state index is -0.872. The van der Waals surface area contributed by atoms with E-state index in [1.165, 1.54) is 0 Å². The van der Waals surface area contributed by atoms with Crippen LogP contribution in [0, 0.1) is 6.92 Å². The summed E-state index contributed by atoms with van der Waals surface area (Å²) in [4.78, 5) is 34.2. The molecule has 1 saturated heterocycles. The van der Waals surface area contributed by atoms with E-state index in [1.807, 2.05) is 6.92 Å². The summed E-state index contributed by atoms with van der Waals surface area (Å²) >= 11 is 0. The van der Waals surface area contributed by atoms with Crippen molar-refractivity contribution in [1.82, 2.24) is 15.3 Å². The van der Waals surface area contributed by atoms with E-state index in [-0.39, 0.29) is 18.4 Å². The van der Waals surface area contributed by atoms with Gasteiger partial charge >= 0.3 is 0 Å². The largest absolute Gasteiger partial charge is 0.383 e. The van der Waals surface area contributed by atoms with Crippen molar-refractivity contribution in [2.75, 3.05) is 17.2 Å². The molecule has 0 saturated carbocycles. The number of carbonyl (C=O) groups is 2. The van der Waals surface area contributed by atoms with Gasteiger partial charge in [-0.25, -0.2) is 9.97 Å². The molecule has 1 aliphatic rings. The maximum absolute atomic E-state index is 12.1. The molecule has 0 aliphatic carbocycles. The Morgan fingerprint density at radius 2 is 2.00 bits per heavy atom. The molecule has 2 rings (SSSR count). The number of carbonyl (C=O) groups excluding carboxylic acids is 2.